The number of aliphatic hydroxyl groups excluding tert-OH is 6. The molecule has 0 amide bonds. The minimum absolute atomic E-state index is 0.0318. The lowest BCUT2D eigenvalue weighted by Gasteiger charge is -2.27. The Kier molecular flexibility index (Phi) is 55.6. The number of aliphatic hydroxyl groups is 6. The molecule has 0 aromatic heterocycles. The van der Waals surface area contributed by atoms with Gasteiger partial charge in [0, 0.05) is 72.7 Å². The second-order valence-corrected chi connectivity index (χ2v) is 27.6. The lowest BCUT2D eigenvalue weighted by Crippen LogP contribution is -2.26. The Labute approximate surface area is 492 Å². The first-order chi connectivity index (χ1) is 37.2. The highest BCUT2D eigenvalue weighted by molar-refractivity contribution is 4.74. The summed E-state index contributed by atoms with van der Waals surface area (Å²) in [6, 6.07) is 0. The molecule has 0 rings (SSSR count). The van der Waals surface area contributed by atoms with E-state index in [0.29, 0.717) is 69.2 Å². The average Bonchev–Trinajstić information content (AvgIpc) is 3.35. The molecule has 79 heavy (non-hydrogen) atoms. The SMILES string of the molecule is CC(CCO)CCCC(C)(C)OCCC(C)CCCC(C)(C)OCCCCCCO.CC(CCO)CCCC(C)(C)OCCCCCCO.CC(CCO)CCCC(C)(C)OCCCCCCOC(C)(C)CCCC(C)CCO. The molecule has 5 atom stereocenters. The fraction of sp³-hybridized carbons (Fsp3) is 1.00. The molecule has 0 saturated heterocycles. The topological polar surface area (TPSA) is 168 Å². The maximum absolute atomic E-state index is 9.01. The number of hydrogen-bond donors (Lipinski definition) is 6. The van der Waals surface area contributed by atoms with Gasteiger partial charge in [0.05, 0.1) is 28.0 Å². The van der Waals surface area contributed by atoms with Crippen molar-refractivity contribution in [2.45, 2.75) is 337 Å². The van der Waals surface area contributed by atoms with Crippen LogP contribution >= 0.6 is 0 Å². The summed E-state index contributed by atoms with van der Waals surface area (Å²) in [5, 5.41) is 53.3. The van der Waals surface area contributed by atoms with E-state index in [1.807, 2.05) is 0 Å². The highest BCUT2D eigenvalue weighted by atomic mass is 16.5. The van der Waals surface area contributed by atoms with E-state index in [4.69, 9.17) is 54.3 Å². The van der Waals surface area contributed by atoms with E-state index >= 15 is 0 Å². The van der Waals surface area contributed by atoms with Crippen LogP contribution in [0.25, 0.3) is 0 Å². The minimum Gasteiger partial charge on any atom is -0.396 e. The summed E-state index contributed by atoms with van der Waals surface area (Å²) in [6.45, 7) is 39.1. The molecule has 0 aromatic rings. The lowest BCUT2D eigenvalue weighted by atomic mass is 9.94. The lowest BCUT2D eigenvalue weighted by molar-refractivity contribution is -0.0333. The maximum Gasteiger partial charge on any atom is 0.0626 e. The molecule has 0 bridgehead atoms. The van der Waals surface area contributed by atoms with Crippen LogP contribution in [0.15, 0.2) is 0 Å². The second-order valence-electron chi connectivity index (χ2n) is 27.6. The van der Waals surface area contributed by atoms with Crippen molar-refractivity contribution in [3.63, 3.8) is 0 Å². The van der Waals surface area contributed by atoms with Gasteiger partial charge in [-0.05, 0) is 202 Å². The Bertz CT molecular complexity index is 1210. The molecule has 0 aromatic carbocycles. The molecular weight excluding hydrogens is 993 g/mol. The van der Waals surface area contributed by atoms with Gasteiger partial charge < -0.3 is 54.3 Å². The van der Waals surface area contributed by atoms with Crippen LogP contribution in [0.1, 0.15) is 309 Å². The van der Waals surface area contributed by atoms with Crippen molar-refractivity contribution in [3.8, 4) is 0 Å². The van der Waals surface area contributed by atoms with Crippen molar-refractivity contribution in [1.29, 1.82) is 0 Å². The van der Waals surface area contributed by atoms with Gasteiger partial charge in [-0.15, -0.1) is 0 Å². The van der Waals surface area contributed by atoms with Crippen LogP contribution in [0.5, 0.6) is 0 Å². The van der Waals surface area contributed by atoms with E-state index < -0.39 is 0 Å². The summed E-state index contributed by atoms with van der Waals surface area (Å²) in [6.07, 6.45) is 35.1. The first-order valence-corrected chi connectivity index (χ1v) is 33.1. The average molecular weight is 1140 g/mol. The summed E-state index contributed by atoms with van der Waals surface area (Å²) in [4.78, 5) is 0. The van der Waals surface area contributed by atoms with Crippen molar-refractivity contribution in [3.05, 3.63) is 0 Å². The van der Waals surface area contributed by atoms with E-state index in [1.165, 1.54) is 77.0 Å². The normalized spacial score (nSPS) is 14.5. The van der Waals surface area contributed by atoms with Gasteiger partial charge in [-0.2, -0.15) is 0 Å². The molecule has 0 radical (unpaired) electrons. The van der Waals surface area contributed by atoms with Crippen LogP contribution in [-0.2, 0) is 23.7 Å². The molecule has 0 aliphatic carbocycles. The third-order valence-corrected chi connectivity index (χ3v) is 16.1. The molecule has 0 fully saturated rings. The van der Waals surface area contributed by atoms with E-state index in [1.54, 1.807) is 0 Å². The summed E-state index contributed by atoms with van der Waals surface area (Å²) in [7, 11) is 0. The zero-order valence-electron chi connectivity index (χ0n) is 55.5. The molecule has 6 N–H and O–H groups in total. The predicted octanol–water partition coefficient (Wildman–Crippen LogP) is 16.6. The fourth-order valence-electron chi connectivity index (χ4n) is 9.97. The molecule has 0 heterocycles. The van der Waals surface area contributed by atoms with Crippen LogP contribution < -0.4 is 0 Å². The standard InChI is InChI=1S/2C26H54O4.C16H34O3/c1-23(15-20-28)13-11-18-26(5,6)30-22-16-24(2)14-12-17-25(3,4)29-21-10-8-7-9-19-27;1-23(15-19-27)13-11-17-25(3,4)29-21-9-7-8-10-22-30-26(5,6)18-12-14-24(2)16-20-28;1-15(10-13-18)9-8-11-16(2,3)19-14-7-5-4-6-12-17/h2*23-24,27-28H,7-22H2,1-6H3;15,17-18H,4-14H2,1-3H3. The third kappa shape index (κ3) is 61.9. The Morgan fingerprint density at radius 3 is 0.608 bits per heavy atom. The van der Waals surface area contributed by atoms with Gasteiger partial charge in [0.25, 0.3) is 0 Å². The molecule has 5 unspecified atom stereocenters. The molecule has 0 saturated carbocycles. The van der Waals surface area contributed by atoms with Gasteiger partial charge in [0.2, 0.25) is 0 Å². The van der Waals surface area contributed by atoms with Gasteiger partial charge in [-0.25, -0.2) is 0 Å². The predicted molar refractivity (Wildman–Crippen MR) is 336 cm³/mol. The van der Waals surface area contributed by atoms with Gasteiger partial charge >= 0.3 is 0 Å². The van der Waals surface area contributed by atoms with Crippen molar-refractivity contribution in [1.82, 2.24) is 0 Å². The van der Waals surface area contributed by atoms with Gasteiger partial charge in [0.15, 0.2) is 0 Å². The maximum atomic E-state index is 9.01. The fourth-order valence-corrected chi connectivity index (χ4v) is 9.97. The van der Waals surface area contributed by atoms with Crippen molar-refractivity contribution in [2.24, 2.45) is 29.6 Å². The summed E-state index contributed by atoms with van der Waals surface area (Å²) >= 11 is 0. The number of hydrogen-bond acceptors (Lipinski definition) is 11. The summed E-state index contributed by atoms with van der Waals surface area (Å²) in [5.74, 6) is 3.10. The quantitative estimate of drug-likeness (QED) is 0.0321. The van der Waals surface area contributed by atoms with Crippen LogP contribution in [0.4, 0.5) is 0 Å². The minimum atomic E-state index is -0.0499. The zero-order chi connectivity index (χ0) is 60.3. The Balaban J connectivity index is -0.00000113. The first-order valence-electron chi connectivity index (χ1n) is 33.1. The monoisotopic (exact) mass is 1140 g/mol. The number of unbranched alkanes of at least 4 members (excludes halogenated alkanes) is 9. The van der Waals surface area contributed by atoms with E-state index in [2.05, 4.69) is 104 Å². The molecule has 0 spiro atoms. The van der Waals surface area contributed by atoms with Crippen LogP contribution in [-0.4, -0.2) is 131 Å². The Morgan fingerprint density at radius 2 is 0.405 bits per heavy atom. The van der Waals surface area contributed by atoms with Crippen LogP contribution in [0.2, 0.25) is 0 Å². The highest BCUT2D eigenvalue weighted by Gasteiger charge is 2.23. The zero-order valence-corrected chi connectivity index (χ0v) is 55.5. The van der Waals surface area contributed by atoms with E-state index in [0.717, 1.165) is 161 Å². The van der Waals surface area contributed by atoms with Gasteiger partial charge in [0.1, 0.15) is 0 Å². The number of rotatable bonds is 55. The third-order valence-electron chi connectivity index (χ3n) is 16.1. The van der Waals surface area contributed by atoms with Crippen LogP contribution in [0.3, 0.4) is 0 Å². The van der Waals surface area contributed by atoms with Crippen LogP contribution in [0, 0.1) is 29.6 Å². The van der Waals surface area contributed by atoms with Gasteiger partial charge in [-0.3, -0.25) is 0 Å². The van der Waals surface area contributed by atoms with Crippen molar-refractivity contribution >= 4 is 0 Å². The van der Waals surface area contributed by atoms with Gasteiger partial charge in [-0.1, -0.05) is 137 Å². The summed E-state index contributed by atoms with van der Waals surface area (Å²) < 4.78 is 30.5. The number of ether oxygens (including phenoxy) is 5. The molecule has 0 aliphatic heterocycles. The molecule has 0 aliphatic rings. The molecule has 11 nitrogen and oxygen atoms in total. The highest BCUT2D eigenvalue weighted by Crippen LogP contribution is 2.27. The second kappa shape index (κ2) is 53.1. The first kappa shape index (κ1) is 82.8. The Hall–Kier alpha value is -0.440. The smallest absolute Gasteiger partial charge is 0.0626 e. The van der Waals surface area contributed by atoms with Crippen molar-refractivity contribution in [2.75, 3.05) is 72.7 Å². The molecule has 480 valence electrons. The van der Waals surface area contributed by atoms with Crippen molar-refractivity contribution < 1.29 is 54.3 Å². The van der Waals surface area contributed by atoms with E-state index in [9.17, 15) is 0 Å². The Morgan fingerprint density at radius 1 is 0.215 bits per heavy atom. The largest absolute Gasteiger partial charge is 0.396 e. The van der Waals surface area contributed by atoms with E-state index in [-0.39, 0.29) is 28.0 Å². The summed E-state index contributed by atoms with van der Waals surface area (Å²) in [5.41, 5.74) is -0.203. The molecule has 11 heteroatoms. The molecular formula is C68H142O11.